The van der Waals surface area contributed by atoms with Gasteiger partial charge >= 0.3 is 0 Å². The van der Waals surface area contributed by atoms with Crippen molar-refractivity contribution in [1.29, 1.82) is 0 Å². The topological polar surface area (TPSA) is 55.0 Å². The Balaban J connectivity index is 2.80. The number of aromatic nitrogens is 2. The molecule has 0 aliphatic heterocycles. The largest absolute Gasteiger partial charge is 0.368 e. The van der Waals surface area contributed by atoms with Crippen LogP contribution in [-0.2, 0) is 0 Å². The molecule has 1 aromatic carbocycles. The van der Waals surface area contributed by atoms with Gasteiger partial charge in [0.05, 0.1) is 5.52 Å². The zero-order valence-corrected chi connectivity index (χ0v) is 9.28. The predicted octanol–water partition coefficient (Wildman–Crippen LogP) is 1.93. The molecule has 0 aliphatic carbocycles. The van der Waals surface area contributed by atoms with Gasteiger partial charge in [0.2, 0.25) is 5.95 Å². The molecule has 0 fully saturated rings. The van der Waals surface area contributed by atoms with Crippen LogP contribution in [-0.4, -0.2) is 24.1 Å². The van der Waals surface area contributed by atoms with Crippen molar-refractivity contribution >= 4 is 34.3 Å². The Labute approximate surface area is 92.7 Å². The van der Waals surface area contributed by atoms with E-state index in [0.29, 0.717) is 5.02 Å². The summed E-state index contributed by atoms with van der Waals surface area (Å²) in [5, 5.41) is 1.59. The molecule has 2 aromatic rings. The third kappa shape index (κ3) is 1.80. The fraction of sp³-hybridized carbons (Fsp3) is 0.200. The van der Waals surface area contributed by atoms with Gasteiger partial charge in [0.25, 0.3) is 0 Å². The zero-order chi connectivity index (χ0) is 11.0. The molecule has 78 valence electrons. The number of fused-ring (bicyclic) bond motifs is 1. The van der Waals surface area contributed by atoms with E-state index in [0.717, 1.165) is 16.7 Å². The van der Waals surface area contributed by atoms with Crippen LogP contribution in [0.2, 0.25) is 5.02 Å². The van der Waals surface area contributed by atoms with Gasteiger partial charge < -0.3 is 10.6 Å². The Morgan fingerprint density at radius 3 is 2.67 bits per heavy atom. The Hall–Kier alpha value is -1.55. The monoisotopic (exact) mass is 222 g/mol. The highest BCUT2D eigenvalue weighted by molar-refractivity contribution is 6.31. The molecule has 0 amide bonds. The van der Waals surface area contributed by atoms with Crippen LogP contribution < -0.4 is 10.6 Å². The van der Waals surface area contributed by atoms with Crippen LogP contribution in [0, 0.1) is 0 Å². The van der Waals surface area contributed by atoms with Crippen LogP contribution in [0.1, 0.15) is 0 Å². The van der Waals surface area contributed by atoms with Crippen molar-refractivity contribution in [2.24, 2.45) is 0 Å². The van der Waals surface area contributed by atoms with Crippen LogP contribution in [0.25, 0.3) is 10.9 Å². The van der Waals surface area contributed by atoms with E-state index < -0.39 is 0 Å². The second kappa shape index (κ2) is 3.55. The molecular formula is C10H11ClN4. The molecular weight excluding hydrogens is 212 g/mol. The fourth-order valence-corrected chi connectivity index (χ4v) is 1.61. The van der Waals surface area contributed by atoms with Crippen LogP contribution in [0.3, 0.4) is 0 Å². The average molecular weight is 223 g/mol. The first kappa shape index (κ1) is 9.98. The summed E-state index contributed by atoms with van der Waals surface area (Å²) in [5.74, 6) is 1.06. The van der Waals surface area contributed by atoms with E-state index in [-0.39, 0.29) is 5.95 Å². The molecule has 4 nitrogen and oxygen atoms in total. The minimum atomic E-state index is 0.258. The van der Waals surface area contributed by atoms with E-state index in [2.05, 4.69) is 9.97 Å². The Morgan fingerprint density at radius 2 is 2.00 bits per heavy atom. The number of hydrogen-bond donors (Lipinski definition) is 1. The first-order valence-electron chi connectivity index (χ1n) is 4.48. The first-order valence-corrected chi connectivity index (χ1v) is 4.86. The van der Waals surface area contributed by atoms with Gasteiger partial charge in [-0.25, -0.2) is 4.98 Å². The minimum absolute atomic E-state index is 0.258. The molecule has 2 rings (SSSR count). The highest BCUT2D eigenvalue weighted by atomic mass is 35.5. The smallest absolute Gasteiger partial charge is 0.222 e. The van der Waals surface area contributed by atoms with Gasteiger partial charge in [0, 0.05) is 24.5 Å². The van der Waals surface area contributed by atoms with Crippen LogP contribution in [0.4, 0.5) is 11.8 Å². The van der Waals surface area contributed by atoms with Crippen molar-refractivity contribution in [2.45, 2.75) is 0 Å². The number of halogens is 1. The van der Waals surface area contributed by atoms with Gasteiger partial charge in [-0.05, 0) is 18.2 Å². The summed E-state index contributed by atoms with van der Waals surface area (Å²) in [6.45, 7) is 0. The summed E-state index contributed by atoms with van der Waals surface area (Å²) in [5.41, 5.74) is 6.38. The number of rotatable bonds is 1. The summed E-state index contributed by atoms with van der Waals surface area (Å²) in [6, 6.07) is 5.49. The molecule has 15 heavy (non-hydrogen) atoms. The van der Waals surface area contributed by atoms with E-state index in [1.165, 1.54) is 0 Å². The molecule has 0 aliphatic rings. The number of anilines is 2. The van der Waals surface area contributed by atoms with Gasteiger partial charge in [-0.3, -0.25) is 0 Å². The summed E-state index contributed by atoms with van der Waals surface area (Å²) >= 11 is 5.89. The maximum atomic E-state index is 5.89. The van der Waals surface area contributed by atoms with Crippen molar-refractivity contribution in [3.63, 3.8) is 0 Å². The van der Waals surface area contributed by atoms with Crippen LogP contribution in [0.5, 0.6) is 0 Å². The van der Waals surface area contributed by atoms with Crippen molar-refractivity contribution in [3.05, 3.63) is 23.2 Å². The van der Waals surface area contributed by atoms with Crippen molar-refractivity contribution in [1.82, 2.24) is 9.97 Å². The molecule has 1 heterocycles. The standard InChI is InChI=1S/C10H11ClN4/c1-15(2)9-7-4-3-6(11)5-8(7)13-10(12)14-9/h3-5H,1-2H3,(H2,12,13,14). The Bertz CT molecular complexity index is 505. The molecule has 5 heteroatoms. The summed E-state index contributed by atoms with van der Waals surface area (Å²) in [7, 11) is 3.83. The average Bonchev–Trinajstić information content (AvgIpc) is 2.15. The highest BCUT2D eigenvalue weighted by Gasteiger charge is 2.07. The van der Waals surface area contributed by atoms with Gasteiger partial charge in [-0.2, -0.15) is 4.98 Å². The van der Waals surface area contributed by atoms with E-state index in [9.17, 15) is 0 Å². The lowest BCUT2D eigenvalue weighted by Gasteiger charge is -2.14. The van der Waals surface area contributed by atoms with Gasteiger partial charge in [-0.15, -0.1) is 0 Å². The van der Waals surface area contributed by atoms with Crippen molar-refractivity contribution in [3.8, 4) is 0 Å². The molecule has 0 bridgehead atoms. The maximum Gasteiger partial charge on any atom is 0.222 e. The lowest BCUT2D eigenvalue weighted by Crippen LogP contribution is -2.12. The molecule has 0 radical (unpaired) electrons. The molecule has 0 unspecified atom stereocenters. The van der Waals surface area contributed by atoms with Crippen LogP contribution >= 0.6 is 11.6 Å². The number of nitrogens with two attached hydrogens (primary N) is 1. The Morgan fingerprint density at radius 1 is 1.27 bits per heavy atom. The lowest BCUT2D eigenvalue weighted by molar-refractivity contribution is 1.07. The third-order valence-corrected chi connectivity index (χ3v) is 2.31. The maximum absolute atomic E-state index is 5.89. The van der Waals surface area contributed by atoms with E-state index in [1.54, 1.807) is 6.07 Å². The molecule has 1 aromatic heterocycles. The summed E-state index contributed by atoms with van der Waals surface area (Å²) in [4.78, 5) is 10.2. The second-order valence-corrected chi connectivity index (χ2v) is 3.90. The number of benzene rings is 1. The lowest BCUT2D eigenvalue weighted by atomic mass is 10.2. The predicted molar refractivity (Wildman–Crippen MR) is 63.3 cm³/mol. The van der Waals surface area contributed by atoms with Crippen LogP contribution in [0.15, 0.2) is 18.2 Å². The summed E-state index contributed by atoms with van der Waals surface area (Å²) in [6.07, 6.45) is 0. The van der Waals surface area contributed by atoms with E-state index in [4.69, 9.17) is 17.3 Å². The minimum Gasteiger partial charge on any atom is -0.368 e. The van der Waals surface area contributed by atoms with Gasteiger partial charge in [-0.1, -0.05) is 11.6 Å². The Kier molecular flexibility index (Phi) is 2.36. The molecule has 0 atom stereocenters. The van der Waals surface area contributed by atoms with E-state index in [1.807, 2.05) is 31.1 Å². The third-order valence-electron chi connectivity index (χ3n) is 2.08. The zero-order valence-electron chi connectivity index (χ0n) is 8.53. The molecule has 2 N–H and O–H groups in total. The van der Waals surface area contributed by atoms with Crippen molar-refractivity contribution < 1.29 is 0 Å². The van der Waals surface area contributed by atoms with Crippen molar-refractivity contribution in [2.75, 3.05) is 24.7 Å². The van der Waals surface area contributed by atoms with Gasteiger partial charge in [0.15, 0.2) is 0 Å². The highest BCUT2D eigenvalue weighted by Crippen LogP contribution is 2.25. The number of nitrogen functional groups attached to an aromatic ring is 1. The quantitative estimate of drug-likeness (QED) is 0.801. The summed E-state index contributed by atoms with van der Waals surface area (Å²) < 4.78 is 0. The van der Waals surface area contributed by atoms with Gasteiger partial charge in [0.1, 0.15) is 5.82 Å². The number of hydrogen-bond acceptors (Lipinski definition) is 4. The molecule has 0 spiro atoms. The number of nitrogens with zero attached hydrogens (tertiary/aromatic N) is 3. The van der Waals surface area contributed by atoms with E-state index >= 15 is 0 Å². The SMILES string of the molecule is CN(C)c1nc(N)nc2cc(Cl)ccc12. The normalized spacial score (nSPS) is 10.6. The molecule has 0 saturated heterocycles. The first-order chi connectivity index (χ1) is 7.08. The fourth-order valence-electron chi connectivity index (χ4n) is 1.44. The second-order valence-electron chi connectivity index (χ2n) is 3.46. The molecule has 0 saturated carbocycles.